The molecule has 0 aliphatic carbocycles. The van der Waals surface area contributed by atoms with Gasteiger partial charge in [-0.25, -0.2) is 4.79 Å². The molecule has 0 unspecified atom stereocenters. The molecule has 2 aromatic carbocycles. The Bertz CT molecular complexity index is 959. The molecule has 0 aliphatic rings. The third-order valence-electron chi connectivity index (χ3n) is 3.65. The molecule has 144 valence electrons. The molecule has 0 saturated heterocycles. The van der Waals surface area contributed by atoms with E-state index >= 15 is 0 Å². The van der Waals surface area contributed by atoms with E-state index in [1.54, 1.807) is 18.2 Å². The lowest BCUT2D eigenvalue weighted by atomic mass is 10.1. The van der Waals surface area contributed by atoms with E-state index in [4.69, 9.17) is 4.74 Å². The molecule has 0 atom stereocenters. The van der Waals surface area contributed by atoms with E-state index in [1.807, 2.05) is 53.8 Å². The van der Waals surface area contributed by atoms with E-state index in [0.29, 0.717) is 25.0 Å². The number of para-hydroxylation sites is 1. The van der Waals surface area contributed by atoms with E-state index in [-0.39, 0.29) is 12.2 Å². The highest BCUT2D eigenvalue weighted by molar-refractivity contribution is 14.1. The number of nitrogens with zero attached hydrogens (tertiary/aromatic N) is 1. The number of aryl methyl sites for hydroxylation is 1. The number of rotatable bonds is 6. The van der Waals surface area contributed by atoms with Crippen LogP contribution in [-0.2, 0) is 14.3 Å². The van der Waals surface area contributed by atoms with Crippen LogP contribution in [-0.4, -0.2) is 25.6 Å². The highest BCUT2D eigenvalue weighted by atomic mass is 127. The van der Waals surface area contributed by atoms with Gasteiger partial charge in [-0.05, 0) is 80.8 Å². The summed E-state index contributed by atoms with van der Waals surface area (Å²) < 4.78 is 11.3. The first kappa shape index (κ1) is 21.9. The largest absolute Gasteiger partial charge is 0.480 e. The van der Waals surface area contributed by atoms with Crippen molar-refractivity contribution in [1.82, 2.24) is 0 Å². The van der Waals surface area contributed by atoms with Gasteiger partial charge in [0.1, 0.15) is 17.4 Å². The molecular formula is C20H16BrIN2O4. The summed E-state index contributed by atoms with van der Waals surface area (Å²) in [4.78, 5) is 23.7. The van der Waals surface area contributed by atoms with Gasteiger partial charge in [-0.3, -0.25) is 4.79 Å². The van der Waals surface area contributed by atoms with Gasteiger partial charge >= 0.3 is 5.97 Å². The van der Waals surface area contributed by atoms with Crippen LogP contribution < -0.4 is 10.1 Å². The minimum Gasteiger partial charge on any atom is -0.480 e. The van der Waals surface area contributed by atoms with Crippen molar-refractivity contribution in [3.63, 3.8) is 0 Å². The third-order valence-corrected chi connectivity index (χ3v) is 5.04. The number of ether oxygens (including phenoxy) is 2. The van der Waals surface area contributed by atoms with Crippen molar-refractivity contribution in [2.75, 3.05) is 19.0 Å². The van der Waals surface area contributed by atoms with Crippen LogP contribution in [0, 0.1) is 21.8 Å². The maximum absolute atomic E-state index is 12.5. The Morgan fingerprint density at radius 2 is 2.04 bits per heavy atom. The van der Waals surface area contributed by atoms with Crippen LogP contribution in [0.4, 0.5) is 5.69 Å². The molecule has 0 aromatic heterocycles. The van der Waals surface area contributed by atoms with Crippen LogP contribution >= 0.6 is 38.5 Å². The Morgan fingerprint density at radius 3 is 2.64 bits per heavy atom. The molecular weight excluding hydrogens is 539 g/mol. The highest BCUT2D eigenvalue weighted by Gasteiger charge is 2.14. The third kappa shape index (κ3) is 5.81. The van der Waals surface area contributed by atoms with Crippen LogP contribution in [0.1, 0.15) is 11.1 Å². The Hall–Kier alpha value is -2.38. The number of carbonyl (C=O) groups excluding carboxylic acids is 2. The smallest absolute Gasteiger partial charge is 0.343 e. The fraction of sp³-hybridized carbons (Fsp3) is 0.150. The highest BCUT2D eigenvalue weighted by Crippen LogP contribution is 2.32. The summed E-state index contributed by atoms with van der Waals surface area (Å²) in [5.41, 5.74) is 2.15. The summed E-state index contributed by atoms with van der Waals surface area (Å²) in [7, 11) is 1.28. The van der Waals surface area contributed by atoms with Crippen molar-refractivity contribution in [1.29, 1.82) is 5.26 Å². The molecule has 0 saturated carbocycles. The first-order chi connectivity index (χ1) is 13.3. The lowest BCUT2D eigenvalue weighted by Crippen LogP contribution is -2.14. The minimum atomic E-state index is -0.494. The molecule has 0 heterocycles. The van der Waals surface area contributed by atoms with Crippen molar-refractivity contribution >= 4 is 62.2 Å². The summed E-state index contributed by atoms with van der Waals surface area (Å²) in [5, 5.41) is 12.1. The van der Waals surface area contributed by atoms with Gasteiger partial charge in [0.2, 0.25) is 0 Å². The number of methoxy groups -OCH3 is 1. The standard InChI is InChI=1S/C20H16BrIN2O4/c1-12-5-3-4-6-17(12)24-20(26)14(10-23)7-13-8-15(21)19(16(22)9-13)28-11-18(25)27-2/h3-9H,11H2,1-2H3,(H,24,26)/b14-7-. The van der Waals surface area contributed by atoms with E-state index in [2.05, 4.69) is 26.0 Å². The summed E-state index contributed by atoms with van der Waals surface area (Å²) >= 11 is 5.44. The van der Waals surface area contributed by atoms with E-state index in [9.17, 15) is 14.9 Å². The number of benzene rings is 2. The molecule has 8 heteroatoms. The lowest BCUT2D eigenvalue weighted by Gasteiger charge is -2.11. The SMILES string of the molecule is COC(=O)COc1c(Br)cc(/C=C(/C#N)C(=O)Nc2ccccc2C)cc1I. The number of halogens is 2. The number of carbonyl (C=O) groups is 2. The predicted octanol–water partition coefficient (Wildman–Crippen LogP) is 4.46. The molecule has 0 spiro atoms. The van der Waals surface area contributed by atoms with Crippen LogP contribution in [0.3, 0.4) is 0 Å². The quantitative estimate of drug-likeness (QED) is 0.246. The van der Waals surface area contributed by atoms with Gasteiger partial charge in [0.05, 0.1) is 15.2 Å². The zero-order chi connectivity index (χ0) is 20.7. The minimum absolute atomic E-state index is 0.0332. The fourth-order valence-electron chi connectivity index (χ4n) is 2.21. The maximum Gasteiger partial charge on any atom is 0.343 e. The topological polar surface area (TPSA) is 88.4 Å². The average molecular weight is 555 g/mol. The zero-order valence-corrected chi connectivity index (χ0v) is 18.8. The number of anilines is 1. The van der Waals surface area contributed by atoms with E-state index in [0.717, 1.165) is 5.56 Å². The number of nitrogens with one attached hydrogen (secondary N) is 1. The normalized spacial score (nSPS) is 10.8. The molecule has 28 heavy (non-hydrogen) atoms. The summed E-state index contributed by atoms with van der Waals surface area (Å²) in [5.74, 6) is -0.508. The number of hydrogen-bond acceptors (Lipinski definition) is 5. The van der Waals surface area contributed by atoms with Crippen molar-refractivity contribution in [3.8, 4) is 11.8 Å². The van der Waals surface area contributed by atoms with Gasteiger partial charge in [0.15, 0.2) is 6.61 Å². The molecule has 0 fully saturated rings. The van der Waals surface area contributed by atoms with Crippen molar-refractivity contribution < 1.29 is 19.1 Å². The number of hydrogen-bond donors (Lipinski definition) is 1. The Labute approximate surface area is 184 Å². The number of nitriles is 1. The van der Waals surface area contributed by atoms with Gasteiger partial charge in [0.25, 0.3) is 5.91 Å². The maximum atomic E-state index is 12.5. The van der Waals surface area contributed by atoms with Gasteiger partial charge in [-0.2, -0.15) is 5.26 Å². The Kier molecular flexibility index (Phi) is 8.02. The second-order valence-corrected chi connectivity index (χ2v) is 7.63. The lowest BCUT2D eigenvalue weighted by molar-refractivity contribution is -0.142. The second kappa shape index (κ2) is 10.2. The van der Waals surface area contributed by atoms with Crippen molar-refractivity contribution in [2.24, 2.45) is 0 Å². The molecule has 1 amide bonds. The molecule has 0 bridgehead atoms. The van der Waals surface area contributed by atoms with E-state index in [1.165, 1.54) is 13.2 Å². The molecule has 0 aliphatic heterocycles. The number of amides is 1. The van der Waals surface area contributed by atoms with Crippen molar-refractivity contribution in [3.05, 3.63) is 61.1 Å². The van der Waals surface area contributed by atoms with Gasteiger partial charge < -0.3 is 14.8 Å². The van der Waals surface area contributed by atoms with Gasteiger partial charge in [-0.1, -0.05) is 18.2 Å². The van der Waals surface area contributed by atoms with Crippen LogP contribution in [0.25, 0.3) is 6.08 Å². The van der Waals surface area contributed by atoms with Gasteiger partial charge in [0, 0.05) is 5.69 Å². The first-order valence-electron chi connectivity index (χ1n) is 8.03. The molecule has 6 nitrogen and oxygen atoms in total. The molecule has 0 radical (unpaired) electrons. The summed E-state index contributed by atoms with van der Waals surface area (Å²) in [6.45, 7) is 1.65. The van der Waals surface area contributed by atoms with Crippen LogP contribution in [0.2, 0.25) is 0 Å². The Morgan fingerprint density at radius 1 is 1.32 bits per heavy atom. The average Bonchev–Trinajstić information content (AvgIpc) is 2.66. The summed E-state index contributed by atoms with van der Waals surface area (Å²) in [6.07, 6.45) is 1.49. The van der Waals surface area contributed by atoms with Crippen molar-refractivity contribution in [2.45, 2.75) is 6.92 Å². The second-order valence-electron chi connectivity index (χ2n) is 5.62. The molecule has 1 N–H and O–H groups in total. The van der Waals surface area contributed by atoms with Crippen LogP contribution in [0.15, 0.2) is 46.4 Å². The zero-order valence-electron chi connectivity index (χ0n) is 15.1. The van der Waals surface area contributed by atoms with Crippen LogP contribution in [0.5, 0.6) is 5.75 Å². The fourth-order valence-corrected chi connectivity index (χ4v) is 3.98. The summed E-state index contributed by atoms with van der Waals surface area (Å²) in [6, 6.07) is 12.7. The predicted molar refractivity (Wildman–Crippen MR) is 118 cm³/mol. The monoisotopic (exact) mass is 554 g/mol. The molecule has 2 aromatic rings. The Balaban J connectivity index is 2.24. The molecule has 2 rings (SSSR count). The first-order valence-corrected chi connectivity index (χ1v) is 9.90. The van der Waals surface area contributed by atoms with E-state index < -0.39 is 11.9 Å². The number of esters is 1. The van der Waals surface area contributed by atoms with Gasteiger partial charge in [-0.15, -0.1) is 0 Å².